The number of carbonyl (C=O) groups excluding carboxylic acids is 1. The van der Waals surface area contributed by atoms with E-state index in [-0.39, 0.29) is 11.7 Å². The van der Waals surface area contributed by atoms with E-state index in [1.54, 1.807) is 23.9 Å². The molecule has 0 saturated heterocycles. The number of carbonyl (C=O) groups is 1. The molecule has 1 amide bonds. The maximum Gasteiger partial charge on any atom is 0.226 e. The number of amides is 1. The Bertz CT molecular complexity index is 586. The van der Waals surface area contributed by atoms with Gasteiger partial charge in [0.1, 0.15) is 5.82 Å². The topological polar surface area (TPSA) is 54.9 Å². The Morgan fingerprint density at radius 2 is 2.10 bits per heavy atom. The summed E-state index contributed by atoms with van der Waals surface area (Å²) in [6.07, 6.45) is 1.98. The van der Waals surface area contributed by atoms with Crippen LogP contribution in [0.1, 0.15) is 25.3 Å². The molecular weight excluding hydrogens is 309 g/mol. The molecule has 2 rings (SSSR count). The molecule has 0 radical (unpaired) electrons. The SMILES string of the molecule is CCCSc1nnc(NC(=O)CCc2ccc(F)cc2)s1. The van der Waals surface area contributed by atoms with Crippen LogP contribution < -0.4 is 5.32 Å². The minimum atomic E-state index is -0.269. The molecular formula is C14H16FN3OS2. The zero-order chi connectivity index (χ0) is 15.1. The Labute approximate surface area is 131 Å². The second-order valence-corrected chi connectivity index (χ2v) is 6.72. The second-order valence-electron chi connectivity index (χ2n) is 4.40. The number of aryl methyl sites for hydroxylation is 1. The predicted octanol–water partition coefficient (Wildman–Crippen LogP) is 3.75. The van der Waals surface area contributed by atoms with Gasteiger partial charge in [-0.05, 0) is 30.5 Å². The van der Waals surface area contributed by atoms with Crippen LogP contribution >= 0.6 is 23.1 Å². The van der Waals surface area contributed by atoms with Crippen molar-refractivity contribution in [2.24, 2.45) is 0 Å². The molecule has 0 atom stereocenters. The van der Waals surface area contributed by atoms with E-state index in [1.807, 2.05) is 0 Å². The molecule has 0 saturated carbocycles. The molecule has 7 heteroatoms. The van der Waals surface area contributed by atoms with Crippen molar-refractivity contribution in [2.45, 2.75) is 30.5 Å². The number of hydrogen-bond donors (Lipinski definition) is 1. The van der Waals surface area contributed by atoms with Crippen molar-refractivity contribution in [3.8, 4) is 0 Å². The predicted molar refractivity (Wildman–Crippen MR) is 84.3 cm³/mol. The highest BCUT2D eigenvalue weighted by atomic mass is 32.2. The zero-order valence-electron chi connectivity index (χ0n) is 11.6. The van der Waals surface area contributed by atoms with Crippen LogP contribution in [0.5, 0.6) is 0 Å². The van der Waals surface area contributed by atoms with Crippen LogP contribution in [-0.4, -0.2) is 21.9 Å². The average Bonchev–Trinajstić information content (AvgIpc) is 2.92. The number of nitrogens with zero attached hydrogens (tertiary/aromatic N) is 2. The van der Waals surface area contributed by atoms with Gasteiger partial charge in [-0.3, -0.25) is 4.79 Å². The van der Waals surface area contributed by atoms with Crippen LogP contribution in [0.3, 0.4) is 0 Å². The van der Waals surface area contributed by atoms with Crippen molar-refractivity contribution >= 4 is 34.1 Å². The molecule has 0 aliphatic carbocycles. The van der Waals surface area contributed by atoms with E-state index in [0.717, 1.165) is 22.1 Å². The van der Waals surface area contributed by atoms with Gasteiger partial charge in [0.15, 0.2) is 4.34 Å². The summed E-state index contributed by atoms with van der Waals surface area (Å²) >= 11 is 3.02. The van der Waals surface area contributed by atoms with Crippen LogP contribution in [0.25, 0.3) is 0 Å². The van der Waals surface area contributed by atoms with Crippen molar-refractivity contribution < 1.29 is 9.18 Å². The monoisotopic (exact) mass is 325 g/mol. The summed E-state index contributed by atoms with van der Waals surface area (Å²) in [6.45, 7) is 2.10. The number of thioether (sulfide) groups is 1. The standard InChI is InChI=1S/C14H16FN3OS2/c1-2-9-20-14-18-17-13(21-14)16-12(19)8-5-10-3-6-11(15)7-4-10/h3-4,6-7H,2,5,8-9H2,1H3,(H,16,17,19). The molecule has 0 unspecified atom stereocenters. The van der Waals surface area contributed by atoms with Gasteiger partial charge in [-0.1, -0.05) is 42.2 Å². The highest BCUT2D eigenvalue weighted by molar-refractivity contribution is 8.01. The highest BCUT2D eigenvalue weighted by Gasteiger charge is 2.08. The quantitative estimate of drug-likeness (QED) is 0.622. The molecule has 0 bridgehead atoms. The first-order chi connectivity index (χ1) is 10.2. The lowest BCUT2D eigenvalue weighted by atomic mass is 10.1. The molecule has 0 fully saturated rings. The number of hydrogen-bond acceptors (Lipinski definition) is 5. The van der Waals surface area contributed by atoms with Gasteiger partial charge in [-0.15, -0.1) is 10.2 Å². The van der Waals surface area contributed by atoms with Gasteiger partial charge >= 0.3 is 0 Å². The maximum atomic E-state index is 12.8. The van der Waals surface area contributed by atoms with E-state index in [2.05, 4.69) is 22.4 Å². The van der Waals surface area contributed by atoms with Crippen molar-refractivity contribution in [3.63, 3.8) is 0 Å². The van der Waals surface area contributed by atoms with Crippen LogP contribution in [0.4, 0.5) is 9.52 Å². The van der Waals surface area contributed by atoms with Gasteiger partial charge in [0.05, 0.1) is 0 Å². The van der Waals surface area contributed by atoms with Crippen molar-refractivity contribution in [1.29, 1.82) is 0 Å². The lowest BCUT2D eigenvalue weighted by molar-refractivity contribution is -0.116. The van der Waals surface area contributed by atoms with Crippen LogP contribution in [0.2, 0.25) is 0 Å². The Kier molecular flexibility index (Phi) is 6.13. The fourth-order valence-electron chi connectivity index (χ4n) is 1.60. The minimum Gasteiger partial charge on any atom is -0.300 e. The molecule has 1 aromatic carbocycles. The summed E-state index contributed by atoms with van der Waals surface area (Å²) in [6, 6.07) is 6.17. The lowest BCUT2D eigenvalue weighted by Gasteiger charge is -2.01. The third-order valence-electron chi connectivity index (χ3n) is 2.64. The summed E-state index contributed by atoms with van der Waals surface area (Å²) in [5.74, 6) is 0.615. The Balaban J connectivity index is 1.78. The fraction of sp³-hybridized carbons (Fsp3) is 0.357. The number of nitrogens with one attached hydrogen (secondary N) is 1. The first kappa shape index (κ1) is 15.9. The maximum absolute atomic E-state index is 12.8. The molecule has 1 aromatic heterocycles. The Morgan fingerprint density at radius 3 is 2.81 bits per heavy atom. The Morgan fingerprint density at radius 1 is 1.33 bits per heavy atom. The van der Waals surface area contributed by atoms with Gasteiger partial charge in [-0.2, -0.15) is 0 Å². The number of halogens is 1. The molecule has 0 aliphatic rings. The second kappa shape index (κ2) is 8.09. The van der Waals surface area contributed by atoms with Crippen molar-refractivity contribution in [1.82, 2.24) is 10.2 Å². The van der Waals surface area contributed by atoms with Gasteiger partial charge < -0.3 is 5.32 Å². The molecule has 1 heterocycles. The molecule has 1 N–H and O–H groups in total. The first-order valence-electron chi connectivity index (χ1n) is 6.68. The van der Waals surface area contributed by atoms with Gasteiger partial charge in [-0.25, -0.2) is 4.39 Å². The number of anilines is 1. The molecule has 0 aliphatic heterocycles. The summed E-state index contributed by atoms with van der Waals surface area (Å²) in [5.41, 5.74) is 0.933. The zero-order valence-corrected chi connectivity index (χ0v) is 13.3. The van der Waals surface area contributed by atoms with Crippen molar-refractivity contribution in [3.05, 3.63) is 35.6 Å². The largest absolute Gasteiger partial charge is 0.300 e. The van der Waals surface area contributed by atoms with E-state index in [1.165, 1.54) is 23.5 Å². The van der Waals surface area contributed by atoms with E-state index in [4.69, 9.17) is 0 Å². The third-order valence-corrected chi connectivity index (χ3v) is 4.81. The molecule has 4 nitrogen and oxygen atoms in total. The van der Waals surface area contributed by atoms with Crippen molar-refractivity contribution in [2.75, 3.05) is 11.1 Å². The number of benzene rings is 1. The highest BCUT2D eigenvalue weighted by Crippen LogP contribution is 2.25. The van der Waals surface area contributed by atoms with Crippen LogP contribution in [0.15, 0.2) is 28.6 Å². The van der Waals surface area contributed by atoms with Crippen LogP contribution in [-0.2, 0) is 11.2 Å². The van der Waals surface area contributed by atoms with E-state index >= 15 is 0 Å². The fourth-order valence-corrected chi connectivity index (χ4v) is 3.29. The van der Waals surface area contributed by atoms with Gasteiger partial charge in [0, 0.05) is 12.2 Å². The van der Waals surface area contributed by atoms with Gasteiger partial charge in [0.25, 0.3) is 0 Å². The molecule has 0 spiro atoms. The molecule has 21 heavy (non-hydrogen) atoms. The van der Waals surface area contributed by atoms with Gasteiger partial charge in [0.2, 0.25) is 11.0 Å². The Hall–Kier alpha value is -1.47. The van der Waals surface area contributed by atoms with Crippen LogP contribution in [0, 0.1) is 5.82 Å². The summed E-state index contributed by atoms with van der Waals surface area (Å²) in [7, 11) is 0. The number of aromatic nitrogens is 2. The summed E-state index contributed by atoms with van der Waals surface area (Å²) < 4.78 is 13.6. The third kappa shape index (κ3) is 5.43. The lowest BCUT2D eigenvalue weighted by Crippen LogP contribution is -2.12. The summed E-state index contributed by atoms with van der Waals surface area (Å²) in [5, 5.41) is 11.2. The van der Waals surface area contributed by atoms with E-state index < -0.39 is 0 Å². The van der Waals surface area contributed by atoms with E-state index in [9.17, 15) is 9.18 Å². The van der Waals surface area contributed by atoms with E-state index in [0.29, 0.717) is 18.0 Å². The minimum absolute atomic E-state index is 0.109. The first-order valence-corrected chi connectivity index (χ1v) is 8.48. The summed E-state index contributed by atoms with van der Waals surface area (Å²) in [4.78, 5) is 11.8. The molecule has 2 aromatic rings. The normalized spacial score (nSPS) is 10.6. The average molecular weight is 325 g/mol. The molecule has 112 valence electrons. The smallest absolute Gasteiger partial charge is 0.226 e. The number of rotatable bonds is 7.